The molecule has 10 unspecified atom stereocenters. The number of hydrogen-bond donors (Lipinski definition) is 10. The zero-order valence-corrected chi connectivity index (χ0v) is 42.3. The Labute approximate surface area is 415 Å². The van der Waals surface area contributed by atoms with Crippen LogP contribution in [0.4, 0.5) is 0 Å². The number of aliphatic hydroxyl groups is 3. The molecule has 1 saturated heterocycles. The minimum absolute atomic E-state index is 0.0126. The van der Waals surface area contributed by atoms with Crippen molar-refractivity contribution in [1.82, 2.24) is 16.0 Å². The average Bonchev–Trinajstić information content (AvgIpc) is 3.28. The number of hydrogen-bond acceptors (Lipinski definition) is 17. The molecule has 0 radical (unpaired) electrons. The van der Waals surface area contributed by atoms with Gasteiger partial charge in [-0.3, -0.25) is 42.9 Å². The average molecular weight is 1030 g/mol. The Morgan fingerprint density at radius 1 is 0.847 bits per heavy atom. The summed E-state index contributed by atoms with van der Waals surface area (Å²) < 4.78 is 28.9. The van der Waals surface area contributed by atoms with Crippen molar-refractivity contribution in [3.8, 4) is 17.2 Å². The van der Waals surface area contributed by atoms with E-state index in [0.29, 0.717) is 0 Å². The van der Waals surface area contributed by atoms with Crippen LogP contribution in [-0.2, 0) is 49.2 Å². The van der Waals surface area contributed by atoms with Crippen LogP contribution >= 0.6 is 7.60 Å². The summed E-state index contributed by atoms with van der Waals surface area (Å²) in [5, 5.41) is 64.5. The summed E-state index contributed by atoms with van der Waals surface area (Å²) in [6.45, 7) is 10.3. The first-order valence-corrected chi connectivity index (χ1v) is 25.5. The molecule has 2 aromatic rings. The second kappa shape index (κ2) is 23.2. The molecule has 3 amide bonds. The quantitative estimate of drug-likeness (QED) is 0.0504. The largest absolute Gasteiger partial charge is 0.507 e. The highest BCUT2D eigenvalue weighted by Crippen LogP contribution is 2.52. The Morgan fingerprint density at radius 2 is 1.43 bits per heavy atom. The van der Waals surface area contributed by atoms with Gasteiger partial charge in [0.25, 0.3) is 0 Å². The third-order valence-corrected chi connectivity index (χ3v) is 13.9. The summed E-state index contributed by atoms with van der Waals surface area (Å²) in [6, 6.07) is 0.778. The Hall–Kier alpha value is -5.45. The number of carbonyl (C=O) groups is 8. The van der Waals surface area contributed by atoms with Crippen LogP contribution in [0.3, 0.4) is 0 Å². The Kier molecular flexibility index (Phi) is 18.5. The van der Waals surface area contributed by atoms with Crippen LogP contribution in [0.2, 0.25) is 0 Å². The monoisotopic (exact) mass is 1030 g/mol. The van der Waals surface area contributed by atoms with Crippen molar-refractivity contribution in [3.63, 3.8) is 0 Å². The first kappa shape index (κ1) is 57.5. The SMILES string of the molecule is COc1cccc2c1C(=O)c1c(O)c3c(c(O)c1C2=O)CC(O)(C(=O)CO)CC3OC1CC(NC(=O)C(CC(C)C)NC(=O)C(C)CC(=O)C(CC(C)C)NC(=O)C(C)CC(=O)CP(=O)(O)O)C(O)C(C)O1. The number of aromatic hydroxyl groups is 2. The molecule has 2 aromatic carbocycles. The fourth-order valence-electron chi connectivity index (χ4n) is 9.48. The third kappa shape index (κ3) is 13.0. The van der Waals surface area contributed by atoms with Gasteiger partial charge in [0.05, 0.1) is 48.1 Å². The van der Waals surface area contributed by atoms with Gasteiger partial charge in [0.1, 0.15) is 53.5 Å². The lowest BCUT2D eigenvalue weighted by Crippen LogP contribution is -2.59. The number of rotatable bonds is 22. The number of ether oxygens (including phenoxy) is 3. The van der Waals surface area contributed by atoms with Crippen molar-refractivity contribution in [2.45, 2.75) is 142 Å². The standard InChI is InChI=1S/C49H66N3O19P/c1-21(2)12-29(50-46(62)23(5)14-26(54)20-72(66,67)68)32(55)15-24(6)47(63)52-31(13-22(3)4)48(64)51-30-16-36(70-25(7)41(30)57)71-34-18-49(65,35(56)19-53)17-28-38(34)45(61)40-39(43(28)59)42(58)27-10-9-11-33(69-8)37(27)44(40)60/h9-11,21-25,29-31,34,36,41,53,57,59,61,65H,12-20H2,1-8H3,(H,50,62)(H,51,64)(H,52,63)(H2,66,67,68). The van der Waals surface area contributed by atoms with Crippen LogP contribution in [0.15, 0.2) is 18.2 Å². The first-order chi connectivity index (χ1) is 33.5. The van der Waals surface area contributed by atoms with Gasteiger partial charge >= 0.3 is 7.60 Å². The Bertz CT molecular complexity index is 2520. The van der Waals surface area contributed by atoms with E-state index in [2.05, 4.69) is 16.0 Å². The van der Waals surface area contributed by atoms with Crippen LogP contribution in [0.1, 0.15) is 136 Å². The molecular formula is C49H66N3O19P. The van der Waals surface area contributed by atoms with Crippen LogP contribution in [0, 0.1) is 23.7 Å². The summed E-state index contributed by atoms with van der Waals surface area (Å²) in [7, 11) is -3.37. The summed E-state index contributed by atoms with van der Waals surface area (Å²) in [5.41, 5.74) is -4.52. The number of fused-ring (bicyclic) bond motifs is 3. The van der Waals surface area contributed by atoms with Gasteiger partial charge in [0.15, 0.2) is 23.6 Å². The normalized spacial score (nSPS) is 23.5. The molecule has 2 aliphatic carbocycles. The predicted molar refractivity (Wildman–Crippen MR) is 253 cm³/mol. The number of benzene rings is 2. The molecule has 0 saturated carbocycles. The number of ketones is 5. The number of phenolic OH excluding ortho intramolecular Hbond substituents is 2. The zero-order chi connectivity index (χ0) is 53.9. The minimum atomic E-state index is -4.65. The van der Waals surface area contributed by atoms with Crippen LogP contribution in [0.25, 0.3) is 0 Å². The van der Waals surface area contributed by atoms with Gasteiger partial charge in [0, 0.05) is 60.6 Å². The first-order valence-electron chi connectivity index (χ1n) is 23.7. The summed E-state index contributed by atoms with van der Waals surface area (Å²) in [5.74, 6) is -10.2. The van der Waals surface area contributed by atoms with E-state index in [-0.39, 0.29) is 65.5 Å². The van der Waals surface area contributed by atoms with E-state index in [0.717, 1.165) is 0 Å². The van der Waals surface area contributed by atoms with Gasteiger partial charge in [-0.1, -0.05) is 53.7 Å². The van der Waals surface area contributed by atoms with Crippen LogP contribution in [-0.4, -0.2) is 144 Å². The van der Waals surface area contributed by atoms with Crippen molar-refractivity contribution in [1.29, 1.82) is 0 Å². The summed E-state index contributed by atoms with van der Waals surface area (Å²) >= 11 is 0. The van der Waals surface area contributed by atoms with Gasteiger partial charge < -0.3 is 65.5 Å². The highest BCUT2D eigenvalue weighted by atomic mass is 31.2. The van der Waals surface area contributed by atoms with Gasteiger partial charge in [-0.2, -0.15) is 0 Å². The smallest absolute Gasteiger partial charge is 0.332 e. The van der Waals surface area contributed by atoms with E-state index in [1.54, 1.807) is 27.7 Å². The number of carbonyl (C=O) groups excluding carboxylic acids is 8. The second-order valence-corrected chi connectivity index (χ2v) is 21.7. The molecule has 22 nitrogen and oxygen atoms in total. The molecule has 1 fully saturated rings. The zero-order valence-electron chi connectivity index (χ0n) is 41.4. The number of phenols is 2. The molecule has 10 N–H and O–H groups in total. The van der Waals surface area contributed by atoms with Gasteiger partial charge in [0.2, 0.25) is 23.5 Å². The topological polar surface area (TPSA) is 359 Å². The molecule has 0 spiro atoms. The molecule has 396 valence electrons. The van der Waals surface area contributed by atoms with Crippen molar-refractivity contribution in [2.75, 3.05) is 19.9 Å². The highest BCUT2D eigenvalue weighted by Gasteiger charge is 2.50. The molecule has 1 heterocycles. The molecule has 23 heteroatoms. The fraction of sp³-hybridized carbons (Fsp3) is 0.592. The fourth-order valence-corrected chi connectivity index (χ4v) is 10.1. The molecule has 1 aliphatic heterocycles. The maximum Gasteiger partial charge on any atom is 0.332 e. The number of Topliss-reactive ketones (excluding diaryl/α,β-unsaturated/α-hetero) is 3. The van der Waals surface area contributed by atoms with Gasteiger partial charge in [-0.15, -0.1) is 0 Å². The lowest BCUT2D eigenvalue weighted by atomic mass is 9.72. The molecule has 72 heavy (non-hydrogen) atoms. The number of methoxy groups -OCH3 is 1. The molecular weight excluding hydrogens is 966 g/mol. The van der Waals surface area contributed by atoms with E-state index < -0.39 is 169 Å². The van der Waals surface area contributed by atoms with E-state index >= 15 is 0 Å². The van der Waals surface area contributed by atoms with Crippen molar-refractivity contribution < 1.29 is 92.5 Å². The molecule has 0 bridgehead atoms. The number of nitrogens with one attached hydrogen (secondary N) is 3. The van der Waals surface area contributed by atoms with E-state index in [1.807, 2.05) is 0 Å². The van der Waals surface area contributed by atoms with Crippen LogP contribution in [0.5, 0.6) is 17.2 Å². The molecule has 10 atom stereocenters. The Morgan fingerprint density at radius 3 is 2.01 bits per heavy atom. The van der Waals surface area contributed by atoms with Crippen LogP contribution < -0.4 is 20.7 Å². The summed E-state index contributed by atoms with van der Waals surface area (Å²) in [6.07, 6.45) is -8.74. The second-order valence-electron chi connectivity index (χ2n) is 20.0. The number of amides is 3. The van der Waals surface area contributed by atoms with Crippen molar-refractivity contribution in [2.24, 2.45) is 23.7 Å². The molecule has 5 rings (SSSR count). The maximum atomic E-state index is 14.1. The number of aliphatic hydroxyl groups excluding tert-OH is 2. The van der Waals surface area contributed by atoms with E-state index in [9.17, 15) is 68.5 Å². The predicted octanol–water partition coefficient (Wildman–Crippen LogP) is 1.59. The molecule has 3 aliphatic rings. The summed E-state index contributed by atoms with van der Waals surface area (Å²) in [4.78, 5) is 126. The van der Waals surface area contributed by atoms with Crippen molar-refractivity contribution in [3.05, 3.63) is 51.6 Å². The molecule has 0 aromatic heterocycles. The lowest BCUT2D eigenvalue weighted by Gasteiger charge is -2.43. The van der Waals surface area contributed by atoms with Crippen molar-refractivity contribution >= 4 is 54.2 Å². The Balaban J connectivity index is 1.34. The lowest BCUT2D eigenvalue weighted by molar-refractivity contribution is -0.249. The van der Waals surface area contributed by atoms with E-state index in [1.165, 1.54) is 46.1 Å². The van der Waals surface area contributed by atoms with E-state index in [4.69, 9.17) is 24.0 Å². The third-order valence-electron chi connectivity index (χ3n) is 13.2. The highest BCUT2D eigenvalue weighted by molar-refractivity contribution is 7.52. The minimum Gasteiger partial charge on any atom is -0.507 e. The van der Waals surface area contributed by atoms with Gasteiger partial charge in [-0.25, -0.2) is 0 Å². The van der Waals surface area contributed by atoms with Gasteiger partial charge in [-0.05, 0) is 37.7 Å². The maximum absolute atomic E-state index is 14.1.